The van der Waals surface area contributed by atoms with Gasteiger partial charge in [-0.15, -0.1) is 0 Å². The topological polar surface area (TPSA) is 3.24 Å². The molecule has 0 radical (unpaired) electrons. The Morgan fingerprint density at radius 1 is 0.180 bits per heavy atom. The molecule has 3 aliphatic rings. The molecule has 21 rings (SSSR count). The van der Waals surface area contributed by atoms with Gasteiger partial charge in [-0.1, -0.05) is 315 Å². The highest BCUT2D eigenvalue weighted by Gasteiger charge is 2.53. The number of hydrogen-bond donors (Lipinski definition) is 0. The maximum Gasteiger partial charge on any atom is 0.0544 e. The third kappa shape index (κ3) is 7.67. The second kappa shape index (κ2) is 20.6. The van der Waals surface area contributed by atoms with E-state index in [1.165, 1.54) is 214 Å². The zero-order chi connectivity index (χ0) is 66.7. The fourth-order valence-corrected chi connectivity index (χ4v) is 19.2. The first-order valence-electron chi connectivity index (χ1n) is 35.6. The molecule has 0 amide bonds. The lowest BCUT2D eigenvalue weighted by molar-refractivity contribution is 0.567. The van der Waals surface area contributed by atoms with Gasteiger partial charge in [-0.25, -0.2) is 0 Å². The van der Waals surface area contributed by atoms with E-state index < -0.39 is 16.2 Å². The summed E-state index contributed by atoms with van der Waals surface area (Å²) in [4.78, 5) is 2.79. The van der Waals surface area contributed by atoms with Crippen molar-refractivity contribution < 1.29 is 0 Å². The largest absolute Gasteiger partial charge is 0.309 e. The van der Waals surface area contributed by atoms with Crippen LogP contribution in [0.25, 0.3) is 164 Å². The molecular weight excluding hydrogens is 1200 g/mol. The third-order valence-corrected chi connectivity index (χ3v) is 23.9. The summed E-state index contributed by atoms with van der Waals surface area (Å²) in [5.74, 6) is 0. The molecule has 0 bridgehead atoms. The first kappa shape index (κ1) is 57.2. The Hall–Kier alpha value is -11.9. The Labute approximate surface area is 582 Å². The molecule has 1 nitrogen and oxygen atoms in total. The maximum atomic E-state index is 2.79. The standard InChI is InChI=1S/C99H69N/c1-97(2)82-52-61(88-70-37-13-19-43-76(70)91(77-44-20-14-38-71(77)88)67-49-25-31-58-28-7-10-34-64(58)67)54-84-94(82)100-95-83(97)53-62(89-72-39-15-21-45-78(72)92(79-46-22-16-40-73(79)89)68-50-26-32-59-29-8-11-35-65(59)68)55-85(95)99(5,6)87-57-63(56-86(96(87)100)98(84,3)4)90-74-41-17-23-47-80(74)93(81-48-24-18-42-75(81)90)69-51-27-33-60-30-9-12-36-66(60)69/h7-57H,1-6H3. The normalized spacial score (nSPS) is 14.5. The quantitative estimate of drug-likeness (QED) is 0.150. The van der Waals surface area contributed by atoms with Crippen molar-refractivity contribution in [3.05, 3.63) is 343 Å². The summed E-state index contributed by atoms with van der Waals surface area (Å²) in [7, 11) is 0. The first-order chi connectivity index (χ1) is 48.9. The maximum absolute atomic E-state index is 2.79. The van der Waals surface area contributed by atoms with Gasteiger partial charge in [0, 0.05) is 16.2 Å². The molecule has 18 aromatic rings. The lowest BCUT2D eigenvalue weighted by Crippen LogP contribution is -2.43. The van der Waals surface area contributed by atoms with Crippen LogP contribution >= 0.6 is 0 Å². The number of nitrogens with zero attached hydrogens (tertiary/aromatic N) is 1. The summed E-state index contributed by atoms with van der Waals surface area (Å²) in [5, 5.41) is 22.6. The van der Waals surface area contributed by atoms with Gasteiger partial charge in [0.25, 0.3) is 0 Å². The van der Waals surface area contributed by atoms with Crippen LogP contribution in [-0.4, -0.2) is 0 Å². The fourth-order valence-electron chi connectivity index (χ4n) is 19.2. The van der Waals surface area contributed by atoms with Gasteiger partial charge in [-0.05, 0) is 233 Å². The molecular formula is C99H69N. The minimum absolute atomic E-state index is 0.482. The Kier molecular flexibility index (Phi) is 11.8. The highest BCUT2D eigenvalue weighted by atomic mass is 15.2. The van der Waals surface area contributed by atoms with E-state index in [4.69, 9.17) is 0 Å². The summed E-state index contributed by atoms with van der Waals surface area (Å²) in [5.41, 5.74) is 25.7. The first-order valence-corrected chi connectivity index (χ1v) is 35.6. The fraction of sp³-hybridized carbons (Fsp3) is 0.0909. The van der Waals surface area contributed by atoms with E-state index in [-0.39, 0.29) is 0 Å². The summed E-state index contributed by atoms with van der Waals surface area (Å²) in [6, 6.07) is 118. The van der Waals surface area contributed by atoms with E-state index in [1.807, 2.05) is 0 Å². The van der Waals surface area contributed by atoms with E-state index in [0.29, 0.717) is 0 Å². The molecule has 0 aromatic heterocycles. The van der Waals surface area contributed by atoms with Crippen molar-refractivity contribution in [2.75, 3.05) is 4.90 Å². The molecule has 18 aromatic carbocycles. The molecule has 3 aliphatic heterocycles. The molecule has 0 saturated carbocycles. The van der Waals surface area contributed by atoms with Crippen molar-refractivity contribution in [1.82, 2.24) is 0 Å². The van der Waals surface area contributed by atoms with Gasteiger partial charge in [0.15, 0.2) is 0 Å². The van der Waals surface area contributed by atoms with Crippen molar-refractivity contribution in [2.24, 2.45) is 0 Å². The molecule has 0 fully saturated rings. The van der Waals surface area contributed by atoms with Crippen LogP contribution in [0.15, 0.2) is 309 Å². The van der Waals surface area contributed by atoms with Crippen LogP contribution in [0.5, 0.6) is 0 Å². The van der Waals surface area contributed by atoms with Crippen LogP contribution in [-0.2, 0) is 16.2 Å². The second-order valence-electron chi connectivity index (χ2n) is 30.1. The summed E-state index contributed by atoms with van der Waals surface area (Å²) >= 11 is 0. The molecule has 0 saturated heterocycles. The molecule has 100 heavy (non-hydrogen) atoms. The molecule has 0 spiro atoms. The number of rotatable bonds is 6. The predicted octanol–water partition coefficient (Wildman–Crippen LogP) is 27.5. The smallest absolute Gasteiger partial charge is 0.0544 e. The molecule has 0 aliphatic carbocycles. The molecule has 470 valence electrons. The van der Waals surface area contributed by atoms with Crippen LogP contribution in [0.3, 0.4) is 0 Å². The number of benzene rings is 18. The SMILES string of the molecule is CC1(C)c2cc(-c3c4ccccc4c(-c4cccc5ccccc45)c4ccccc34)cc3c2N2c4c1cc(-c1c5ccccc5c(-c5cccc6ccccc56)c5ccccc15)cc4C(C)(C)c1cc(-c4c5ccccc5c(-c5cccc6ccccc56)c5ccccc45)cc(c12)C3(C)C. The summed E-state index contributed by atoms with van der Waals surface area (Å²) in [6.45, 7) is 15.2. The predicted molar refractivity (Wildman–Crippen MR) is 428 cm³/mol. The number of anilines is 3. The average molecular weight is 1270 g/mol. The highest BCUT2D eigenvalue weighted by molar-refractivity contribution is 6.27. The van der Waals surface area contributed by atoms with Gasteiger partial charge in [0.05, 0.1) is 17.1 Å². The number of hydrogen-bond acceptors (Lipinski definition) is 1. The van der Waals surface area contributed by atoms with Crippen LogP contribution in [0.1, 0.15) is 74.9 Å². The van der Waals surface area contributed by atoms with E-state index in [0.717, 1.165) is 0 Å². The lowest BCUT2D eigenvalue weighted by atomic mass is 9.59. The minimum atomic E-state index is -0.482. The zero-order valence-corrected chi connectivity index (χ0v) is 56.9. The van der Waals surface area contributed by atoms with Gasteiger partial charge in [-0.3, -0.25) is 0 Å². The Balaban J connectivity index is 0.882. The van der Waals surface area contributed by atoms with Crippen molar-refractivity contribution in [3.8, 4) is 66.8 Å². The van der Waals surface area contributed by atoms with E-state index in [1.54, 1.807) is 0 Å². The monoisotopic (exact) mass is 1270 g/mol. The Morgan fingerprint density at radius 3 is 0.560 bits per heavy atom. The Bertz CT molecular complexity index is 5780. The number of fused-ring (bicyclic) bond motifs is 9. The van der Waals surface area contributed by atoms with E-state index in [9.17, 15) is 0 Å². The Morgan fingerprint density at radius 2 is 0.350 bits per heavy atom. The van der Waals surface area contributed by atoms with Crippen LogP contribution < -0.4 is 4.90 Å². The molecule has 0 atom stereocenters. The van der Waals surface area contributed by atoms with Gasteiger partial charge in [-0.2, -0.15) is 0 Å². The molecule has 1 heteroatoms. The van der Waals surface area contributed by atoms with E-state index in [2.05, 4.69) is 356 Å². The molecule has 3 heterocycles. The van der Waals surface area contributed by atoms with Gasteiger partial charge in [0.2, 0.25) is 0 Å². The summed E-state index contributed by atoms with van der Waals surface area (Å²) < 4.78 is 0. The van der Waals surface area contributed by atoms with Gasteiger partial charge >= 0.3 is 0 Å². The average Bonchev–Trinajstić information content (AvgIpc) is 0.660. The van der Waals surface area contributed by atoms with Crippen LogP contribution in [0, 0.1) is 0 Å². The second-order valence-corrected chi connectivity index (χ2v) is 30.1. The van der Waals surface area contributed by atoms with Crippen molar-refractivity contribution in [2.45, 2.75) is 57.8 Å². The molecule has 0 unspecified atom stereocenters. The van der Waals surface area contributed by atoms with Crippen molar-refractivity contribution in [3.63, 3.8) is 0 Å². The van der Waals surface area contributed by atoms with Crippen LogP contribution in [0.4, 0.5) is 17.1 Å². The highest BCUT2D eigenvalue weighted by Crippen LogP contribution is 2.68. The summed E-state index contributed by atoms with van der Waals surface area (Å²) in [6.07, 6.45) is 0. The molecule has 0 N–H and O–H groups in total. The lowest BCUT2D eigenvalue weighted by Gasteiger charge is -2.55. The van der Waals surface area contributed by atoms with Crippen molar-refractivity contribution in [1.29, 1.82) is 0 Å². The third-order valence-electron chi connectivity index (χ3n) is 23.9. The van der Waals surface area contributed by atoms with Gasteiger partial charge in [0.1, 0.15) is 0 Å². The zero-order valence-electron chi connectivity index (χ0n) is 56.9. The van der Waals surface area contributed by atoms with E-state index >= 15 is 0 Å². The van der Waals surface area contributed by atoms with Crippen molar-refractivity contribution >= 4 is 114 Å². The van der Waals surface area contributed by atoms with Crippen LogP contribution in [0.2, 0.25) is 0 Å². The minimum Gasteiger partial charge on any atom is -0.309 e. The van der Waals surface area contributed by atoms with Gasteiger partial charge < -0.3 is 4.90 Å².